The fourth-order valence-corrected chi connectivity index (χ4v) is 3.61. The quantitative estimate of drug-likeness (QED) is 0.845. The van der Waals surface area contributed by atoms with Crippen LogP contribution >= 0.6 is 11.3 Å². The molecule has 3 N–H and O–H groups in total. The van der Waals surface area contributed by atoms with Crippen LogP contribution in [-0.2, 0) is 13.0 Å². The Morgan fingerprint density at radius 2 is 2.06 bits per heavy atom. The third-order valence-electron chi connectivity index (χ3n) is 3.82. The summed E-state index contributed by atoms with van der Waals surface area (Å²) < 4.78 is 0. The molecule has 2 unspecified atom stereocenters. The molecule has 0 amide bonds. The second kappa shape index (κ2) is 6.53. The summed E-state index contributed by atoms with van der Waals surface area (Å²) in [7, 11) is 0. The number of aryl methyl sites for hydroxylation is 1. The van der Waals surface area contributed by atoms with Gasteiger partial charge in [0.1, 0.15) is 0 Å². The first-order valence-electron chi connectivity index (χ1n) is 6.84. The molecule has 1 aromatic rings. The number of rotatable bonds is 5. The fourth-order valence-electron chi connectivity index (χ4n) is 2.70. The Morgan fingerprint density at radius 1 is 1.29 bits per heavy atom. The molecule has 0 saturated heterocycles. The molecule has 17 heavy (non-hydrogen) atoms. The first-order valence-corrected chi connectivity index (χ1v) is 7.66. The summed E-state index contributed by atoms with van der Waals surface area (Å²) in [4.78, 5) is 2.95. The van der Waals surface area contributed by atoms with Crippen molar-refractivity contribution in [2.75, 3.05) is 6.54 Å². The third kappa shape index (κ3) is 3.54. The molecule has 2 nitrogen and oxygen atoms in total. The minimum atomic E-state index is 0.640. The zero-order valence-corrected chi connectivity index (χ0v) is 11.6. The van der Waals surface area contributed by atoms with Crippen molar-refractivity contribution >= 4 is 11.3 Å². The van der Waals surface area contributed by atoms with Crippen molar-refractivity contribution in [3.05, 3.63) is 21.9 Å². The van der Waals surface area contributed by atoms with Crippen molar-refractivity contribution in [2.45, 2.75) is 51.6 Å². The minimum Gasteiger partial charge on any atom is -0.330 e. The van der Waals surface area contributed by atoms with Crippen LogP contribution in [0.5, 0.6) is 0 Å². The van der Waals surface area contributed by atoms with Crippen LogP contribution in [0.3, 0.4) is 0 Å². The lowest BCUT2D eigenvalue weighted by Gasteiger charge is -2.31. The van der Waals surface area contributed by atoms with Crippen molar-refractivity contribution in [1.82, 2.24) is 5.32 Å². The molecule has 3 heteroatoms. The van der Waals surface area contributed by atoms with Crippen LogP contribution in [0.4, 0.5) is 0 Å². The van der Waals surface area contributed by atoms with E-state index in [1.165, 1.54) is 35.4 Å². The Labute approximate surface area is 109 Å². The van der Waals surface area contributed by atoms with Gasteiger partial charge in [0.25, 0.3) is 0 Å². The van der Waals surface area contributed by atoms with Crippen molar-refractivity contribution in [2.24, 2.45) is 11.7 Å². The van der Waals surface area contributed by atoms with Gasteiger partial charge >= 0.3 is 0 Å². The van der Waals surface area contributed by atoms with E-state index in [1.54, 1.807) is 0 Å². The lowest BCUT2D eigenvalue weighted by Crippen LogP contribution is -2.41. The van der Waals surface area contributed by atoms with E-state index in [2.05, 4.69) is 24.4 Å². The molecule has 0 aromatic carbocycles. The van der Waals surface area contributed by atoms with Gasteiger partial charge in [-0.05, 0) is 43.9 Å². The predicted molar refractivity (Wildman–Crippen MR) is 75.3 cm³/mol. The summed E-state index contributed by atoms with van der Waals surface area (Å²) in [6.45, 7) is 4.07. The van der Waals surface area contributed by atoms with E-state index in [-0.39, 0.29) is 0 Å². The minimum absolute atomic E-state index is 0.640. The van der Waals surface area contributed by atoms with Gasteiger partial charge in [0.15, 0.2) is 0 Å². The highest BCUT2D eigenvalue weighted by Gasteiger charge is 2.23. The Bertz CT molecular complexity index is 335. The Morgan fingerprint density at radius 3 is 2.76 bits per heavy atom. The molecule has 0 bridgehead atoms. The van der Waals surface area contributed by atoms with Gasteiger partial charge in [-0.2, -0.15) is 0 Å². The van der Waals surface area contributed by atoms with Crippen molar-refractivity contribution < 1.29 is 0 Å². The number of nitrogens with one attached hydrogen (secondary N) is 1. The molecular weight excluding hydrogens is 228 g/mol. The van der Waals surface area contributed by atoms with Gasteiger partial charge < -0.3 is 11.1 Å². The number of nitrogens with two attached hydrogens (primary N) is 1. The van der Waals surface area contributed by atoms with Crippen LogP contribution in [0, 0.1) is 5.92 Å². The summed E-state index contributed by atoms with van der Waals surface area (Å²) in [6, 6.07) is 5.15. The average molecular weight is 252 g/mol. The molecule has 2 atom stereocenters. The standard InChI is InChI=1S/C14H24N2S/c1-2-12-7-8-13(17-12)10-16-14-6-4-3-5-11(14)9-15/h7-8,11,14,16H,2-6,9-10,15H2,1H3. The molecule has 0 spiro atoms. The van der Waals surface area contributed by atoms with Gasteiger partial charge in [0, 0.05) is 22.3 Å². The van der Waals surface area contributed by atoms with Gasteiger partial charge in [-0.15, -0.1) is 11.3 Å². The van der Waals surface area contributed by atoms with E-state index in [1.807, 2.05) is 11.3 Å². The Balaban J connectivity index is 1.83. The van der Waals surface area contributed by atoms with E-state index in [0.717, 1.165) is 19.5 Å². The zero-order chi connectivity index (χ0) is 12.1. The molecule has 0 aliphatic heterocycles. The monoisotopic (exact) mass is 252 g/mol. The van der Waals surface area contributed by atoms with Gasteiger partial charge in [-0.25, -0.2) is 0 Å². The number of hydrogen-bond acceptors (Lipinski definition) is 3. The van der Waals surface area contributed by atoms with Crippen LogP contribution in [0.15, 0.2) is 12.1 Å². The summed E-state index contributed by atoms with van der Waals surface area (Å²) in [5.41, 5.74) is 5.85. The summed E-state index contributed by atoms with van der Waals surface area (Å²) in [5, 5.41) is 3.71. The summed E-state index contributed by atoms with van der Waals surface area (Å²) in [6.07, 6.45) is 6.48. The largest absolute Gasteiger partial charge is 0.330 e. The first-order chi connectivity index (χ1) is 8.33. The van der Waals surface area contributed by atoms with Gasteiger partial charge in [0.05, 0.1) is 0 Å². The number of thiophene rings is 1. The van der Waals surface area contributed by atoms with E-state index in [0.29, 0.717) is 12.0 Å². The van der Waals surface area contributed by atoms with Gasteiger partial charge in [-0.3, -0.25) is 0 Å². The van der Waals surface area contributed by atoms with Crippen LogP contribution < -0.4 is 11.1 Å². The van der Waals surface area contributed by atoms with E-state index in [9.17, 15) is 0 Å². The van der Waals surface area contributed by atoms with Crippen LogP contribution in [0.2, 0.25) is 0 Å². The van der Waals surface area contributed by atoms with Gasteiger partial charge in [0.2, 0.25) is 0 Å². The van der Waals surface area contributed by atoms with Crippen LogP contribution in [0.1, 0.15) is 42.4 Å². The molecule has 1 aromatic heterocycles. The second-order valence-electron chi connectivity index (χ2n) is 4.99. The van der Waals surface area contributed by atoms with E-state index in [4.69, 9.17) is 5.73 Å². The topological polar surface area (TPSA) is 38.0 Å². The lowest BCUT2D eigenvalue weighted by atomic mass is 9.84. The Hall–Kier alpha value is -0.380. The van der Waals surface area contributed by atoms with Crippen molar-refractivity contribution in [1.29, 1.82) is 0 Å². The first kappa shape index (κ1) is 13.1. The Kier molecular flexibility index (Phi) is 5.01. The van der Waals surface area contributed by atoms with E-state index < -0.39 is 0 Å². The molecule has 1 fully saturated rings. The SMILES string of the molecule is CCc1ccc(CNC2CCCCC2CN)s1. The highest BCUT2D eigenvalue weighted by atomic mass is 32.1. The smallest absolute Gasteiger partial charge is 0.0302 e. The third-order valence-corrected chi connectivity index (χ3v) is 5.05. The molecule has 1 heterocycles. The van der Waals surface area contributed by atoms with Gasteiger partial charge in [-0.1, -0.05) is 19.8 Å². The molecule has 1 aliphatic rings. The normalized spacial score (nSPS) is 25.1. The zero-order valence-electron chi connectivity index (χ0n) is 10.7. The van der Waals surface area contributed by atoms with Crippen LogP contribution in [0.25, 0.3) is 0 Å². The maximum Gasteiger partial charge on any atom is 0.0302 e. The number of hydrogen-bond donors (Lipinski definition) is 2. The summed E-state index contributed by atoms with van der Waals surface area (Å²) >= 11 is 1.94. The lowest BCUT2D eigenvalue weighted by molar-refractivity contribution is 0.267. The maximum atomic E-state index is 5.85. The maximum absolute atomic E-state index is 5.85. The predicted octanol–water partition coefficient (Wildman–Crippen LogP) is 2.92. The summed E-state index contributed by atoms with van der Waals surface area (Å²) in [5.74, 6) is 0.689. The molecule has 1 aliphatic carbocycles. The highest BCUT2D eigenvalue weighted by molar-refractivity contribution is 7.11. The van der Waals surface area contributed by atoms with Crippen molar-refractivity contribution in [3.8, 4) is 0 Å². The highest BCUT2D eigenvalue weighted by Crippen LogP contribution is 2.24. The molecular formula is C14H24N2S. The second-order valence-corrected chi connectivity index (χ2v) is 6.24. The molecule has 2 rings (SSSR count). The molecule has 96 valence electrons. The van der Waals surface area contributed by atoms with Crippen LogP contribution in [-0.4, -0.2) is 12.6 Å². The van der Waals surface area contributed by atoms with E-state index >= 15 is 0 Å². The van der Waals surface area contributed by atoms with Crippen molar-refractivity contribution in [3.63, 3.8) is 0 Å². The average Bonchev–Trinajstić information content (AvgIpc) is 2.84. The molecule has 0 radical (unpaired) electrons. The fraction of sp³-hybridized carbons (Fsp3) is 0.714. The molecule has 1 saturated carbocycles.